The van der Waals surface area contributed by atoms with Crippen LogP contribution in [-0.4, -0.2) is 57.2 Å². The molecule has 0 bridgehead atoms. The molecule has 7 heteroatoms. The van der Waals surface area contributed by atoms with Crippen LogP contribution in [0.5, 0.6) is 11.5 Å². The van der Waals surface area contributed by atoms with Crippen LogP contribution in [0.1, 0.15) is 11.1 Å². The Labute approximate surface area is 171 Å². The molecule has 0 spiro atoms. The SMILES string of the molecule is COCCN(CC(=O)Nc1cccc(C)c1C)C(=O)COc1ccc(OC)cc1. The largest absolute Gasteiger partial charge is 0.497 e. The molecule has 0 aliphatic carbocycles. The molecule has 0 saturated heterocycles. The van der Waals surface area contributed by atoms with Crippen molar-refractivity contribution in [2.75, 3.05) is 45.8 Å². The van der Waals surface area contributed by atoms with E-state index in [4.69, 9.17) is 14.2 Å². The maximum absolute atomic E-state index is 12.6. The number of ether oxygens (including phenoxy) is 3. The summed E-state index contributed by atoms with van der Waals surface area (Å²) in [5.41, 5.74) is 2.82. The molecular weight excluding hydrogens is 372 g/mol. The molecule has 2 aromatic rings. The van der Waals surface area contributed by atoms with E-state index in [2.05, 4.69) is 5.32 Å². The highest BCUT2D eigenvalue weighted by Gasteiger charge is 2.18. The number of carbonyl (C=O) groups excluding carboxylic acids is 2. The second kappa shape index (κ2) is 11.1. The predicted molar refractivity (Wildman–Crippen MR) is 111 cm³/mol. The topological polar surface area (TPSA) is 77.1 Å². The fraction of sp³-hybridized carbons (Fsp3) is 0.364. The van der Waals surface area contributed by atoms with E-state index in [9.17, 15) is 9.59 Å². The number of carbonyl (C=O) groups is 2. The first-order valence-corrected chi connectivity index (χ1v) is 9.34. The van der Waals surface area contributed by atoms with Gasteiger partial charge in [0, 0.05) is 19.3 Å². The molecule has 0 heterocycles. The Hall–Kier alpha value is -3.06. The number of anilines is 1. The van der Waals surface area contributed by atoms with Gasteiger partial charge < -0.3 is 24.4 Å². The number of methoxy groups -OCH3 is 2. The van der Waals surface area contributed by atoms with Crippen molar-refractivity contribution in [1.29, 1.82) is 0 Å². The molecule has 0 aliphatic heterocycles. The molecule has 0 atom stereocenters. The van der Waals surface area contributed by atoms with Crippen molar-refractivity contribution in [1.82, 2.24) is 4.90 Å². The van der Waals surface area contributed by atoms with Crippen molar-refractivity contribution in [3.63, 3.8) is 0 Å². The molecule has 29 heavy (non-hydrogen) atoms. The zero-order chi connectivity index (χ0) is 21.2. The zero-order valence-electron chi connectivity index (χ0n) is 17.4. The van der Waals surface area contributed by atoms with E-state index in [0.29, 0.717) is 24.7 Å². The lowest BCUT2D eigenvalue weighted by Crippen LogP contribution is -2.42. The van der Waals surface area contributed by atoms with Gasteiger partial charge in [0.2, 0.25) is 5.91 Å². The summed E-state index contributed by atoms with van der Waals surface area (Å²) >= 11 is 0. The summed E-state index contributed by atoms with van der Waals surface area (Å²) in [4.78, 5) is 26.5. The van der Waals surface area contributed by atoms with Crippen molar-refractivity contribution < 1.29 is 23.8 Å². The molecule has 2 aromatic carbocycles. The Bertz CT molecular complexity index is 820. The van der Waals surface area contributed by atoms with Gasteiger partial charge in [0.15, 0.2) is 6.61 Å². The van der Waals surface area contributed by atoms with Gasteiger partial charge in [-0.2, -0.15) is 0 Å². The highest BCUT2D eigenvalue weighted by atomic mass is 16.5. The third kappa shape index (κ3) is 6.80. The van der Waals surface area contributed by atoms with Crippen molar-refractivity contribution in [2.45, 2.75) is 13.8 Å². The fourth-order valence-electron chi connectivity index (χ4n) is 2.65. The van der Waals surface area contributed by atoms with Crippen LogP contribution in [-0.2, 0) is 14.3 Å². The van der Waals surface area contributed by atoms with Gasteiger partial charge in [-0.05, 0) is 55.3 Å². The second-order valence-corrected chi connectivity index (χ2v) is 6.57. The highest BCUT2D eigenvalue weighted by molar-refractivity contribution is 5.95. The van der Waals surface area contributed by atoms with Gasteiger partial charge in [-0.25, -0.2) is 0 Å². The molecule has 2 rings (SSSR count). The summed E-state index contributed by atoms with van der Waals surface area (Å²) in [5.74, 6) is 0.681. The van der Waals surface area contributed by atoms with Crippen LogP contribution in [0.3, 0.4) is 0 Å². The van der Waals surface area contributed by atoms with E-state index in [1.54, 1.807) is 38.5 Å². The third-order valence-corrected chi connectivity index (χ3v) is 4.55. The van der Waals surface area contributed by atoms with Gasteiger partial charge in [0.1, 0.15) is 18.0 Å². The molecule has 0 aromatic heterocycles. The van der Waals surface area contributed by atoms with E-state index < -0.39 is 0 Å². The lowest BCUT2D eigenvalue weighted by Gasteiger charge is -2.22. The van der Waals surface area contributed by atoms with E-state index in [1.807, 2.05) is 32.0 Å². The molecule has 2 amide bonds. The summed E-state index contributed by atoms with van der Waals surface area (Å²) in [5, 5.41) is 2.87. The fourth-order valence-corrected chi connectivity index (χ4v) is 2.65. The van der Waals surface area contributed by atoms with Gasteiger partial charge in [0.05, 0.1) is 13.7 Å². The first kappa shape index (κ1) is 22.2. The van der Waals surface area contributed by atoms with E-state index in [1.165, 1.54) is 4.90 Å². The highest BCUT2D eigenvalue weighted by Crippen LogP contribution is 2.18. The normalized spacial score (nSPS) is 10.3. The van der Waals surface area contributed by atoms with Gasteiger partial charge in [0.25, 0.3) is 5.91 Å². The van der Waals surface area contributed by atoms with Crippen molar-refractivity contribution >= 4 is 17.5 Å². The number of rotatable bonds is 10. The Morgan fingerprint density at radius 1 is 1.00 bits per heavy atom. The first-order chi connectivity index (χ1) is 13.9. The second-order valence-electron chi connectivity index (χ2n) is 6.57. The Morgan fingerprint density at radius 2 is 1.69 bits per heavy atom. The molecular formula is C22H28N2O5. The summed E-state index contributed by atoms with van der Waals surface area (Å²) in [6.45, 7) is 4.29. The van der Waals surface area contributed by atoms with E-state index >= 15 is 0 Å². The number of aryl methyl sites for hydroxylation is 1. The maximum Gasteiger partial charge on any atom is 0.261 e. The molecule has 0 unspecified atom stereocenters. The molecule has 0 fully saturated rings. The van der Waals surface area contributed by atoms with Gasteiger partial charge >= 0.3 is 0 Å². The monoisotopic (exact) mass is 400 g/mol. The van der Waals surface area contributed by atoms with Gasteiger partial charge in [-0.3, -0.25) is 9.59 Å². The van der Waals surface area contributed by atoms with Crippen molar-refractivity contribution in [3.05, 3.63) is 53.6 Å². The predicted octanol–water partition coefficient (Wildman–Crippen LogP) is 2.80. The minimum Gasteiger partial charge on any atom is -0.497 e. The summed E-state index contributed by atoms with van der Waals surface area (Å²) < 4.78 is 15.7. The lowest BCUT2D eigenvalue weighted by atomic mass is 10.1. The third-order valence-electron chi connectivity index (χ3n) is 4.55. The molecule has 7 nitrogen and oxygen atoms in total. The molecule has 0 saturated carbocycles. The number of hydrogen-bond donors (Lipinski definition) is 1. The number of amides is 2. The van der Waals surface area contributed by atoms with Crippen LogP contribution in [0.4, 0.5) is 5.69 Å². The summed E-state index contributed by atoms with van der Waals surface area (Å²) in [6.07, 6.45) is 0. The Morgan fingerprint density at radius 3 is 2.34 bits per heavy atom. The smallest absolute Gasteiger partial charge is 0.261 e. The number of benzene rings is 2. The van der Waals surface area contributed by atoms with Crippen LogP contribution in [0.25, 0.3) is 0 Å². The van der Waals surface area contributed by atoms with Crippen molar-refractivity contribution in [3.8, 4) is 11.5 Å². The van der Waals surface area contributed by atoms with E-state index in [-0.39, 0.29) is 25.0 Å². The van der Waals surface area contributed by atoms with Gasteiger partial charge in [-0.15, -0.1) is 0 Å². The lowest BCUT2D eigenvalue weighted by molar-refractivity contribution is -0.137. The average molecular weight is 400 g/mol. The summed E-state index contributed by atoms with van der Waals surface area (Å²) in [6, 6.07) is 12.6. The zero-order valence-corrected chi connectivity index (χ0v) is 17.4. The Kier molecular flexibility index (Phi) is 8.48. The van der Waals surface area contributed by atoms with Crippen LogP contribution in [0, 0.1) is 13.8 Å². The Balaban J connectivity index is 1.96. The minimum atomic E-state index is -0.297. The van der Waals surface area contributed by atoms with E-state index in [0.717, 1.165) is 16.8 Å². The molecule has 0 radical (unpaired) electrons. The molecule has 1 N–H and O–H groups in total. The van der Waals surface area contributed by atoms with Gasteiger partial charge in [-0.1, -0.05) is 12.1 Å². The van der Waals surface area contributed by atoms with Crippen LogP contribution in [0.2, 0.25) is 0 Å². The quantitative estimate of drug-likeness (QED) is 0.664. The van der Waals surface area contributed by atoms with Crippen LogP contribution >= 0.6 is 0 Å². The maximum atomic E-state index is 12.6. The number of nitrogens with zero attached hydrogens (tertiary/aromatic N) is 1. The number of hydrogen-bond acceptors (Lipinski definition) is 5. The summed E-state index contributed by atoms with van der Waals surface area (Å²) in [7, 11) is 3.13. The van der Waals surface area contributed by atoms with Crippen LogP contribution < -0.4 is 14.8 Å². The van der Waals surface area contributed by atoms with Crippen molar-refractivity contribution in [2.24, 2.45) is 0 Å². The van der Waals surface area contributed by atoms with Crippen LogP contribution in [0.15, 0.2) is 42.5 Å². The minimum absolute atomic E-state index is 0.0818. The molecule has 0 aliphatic rings. The standard InChI is InChI=1S/C22H28N2O5/c1-16-6-5-7-20(17(16)2)23-21(25)14-24(12-13-27-3)22(26)15-29-19-10-8-18(28-4)9-11-19/h5-11H,12-15H2,1-4H3,(H,23,25). The number of nitrogens with one attached hydrogen (secondary N) is 1. The first-order valence-electron chi connectivity index (χ1n) is 9.34. The average Bonchev–Trinajstić information content (AvgIpc) is 2.73. The molecule has 156 valence electrons.